The molecule has 0 unspecified atom stereocenters. The van der Waals surface area contributed by atoms with Crippen LogP contribution in [0.15, 0.2) is 30.3 Å². The van der Waals surface area contributed by atoms with E-state index in [-0.39, 0.29) is 18.0 Å². The fraction of sp³-hybridized carbons (Fsp3) is 0.500. The summed E-state index contributed by atoms with van der Waals surface area (Å²) in [6.07, 6.45) is 5.60. The van der Waals surface area contributed by atoms with Gasteiger partial charge in [-0.1, -0.05) is 49.6 Å². The van der Waals surface area contributed by atoms with Crippen molar-refractivity contribution in [1.29, 1.82) is 0 Å². The molecule has 5 heteroatoms. The molecule has 1 aliphatic rings. The van der Waals surface area contributed by atoms with E-state index in [1.54, 1.807) is 0 Å². The standard InChI is InChI=1S/C16H22N2O2S/c19-15(12-21-11-13-7-3-1-4-8-13)18-16(20)17-14-9-5-2-6-10-14/h1,3-4,7-8,14H,2,5-6,9-12H2,(H2,17,18,19,20). The van der Waals surface area contributed by atoms with E-state index in [1.165, 1.54) is 23.7 Å². The molecule has 1 saturated carbocycles. The number of carbonyl (C=O) groups excluding carboxylic acids is 2. The molecule has 3 amide bonds. The predicted molar refractivity (Wildman–Crippen MR) is 86.2 cm³/mol. The lowest BCUT2D eigenvalue weighted by molar-refractivity contribution is -0.117. The predicted octanol–water partition coefficient (Wildman–Crippen LogP) is 3.08. The highest BCUT2D eigenvalue weighted by molar-refractivity contribution is 7.99. The molecular weight excluding hydrogens is 284 g/mol. The largest absolute Gasteiger partial charge is 0.335 e. The van der Waals surface area contributed by atoms with E-state index in [2.05, 4.69) is 10.6 Å². The fourth-order valence-corrected chi connectivity index (χ4v) is 3.25. The van der Waals surface area contributed by atoms with Gasteiger partial charge in [-0.15, -0.1) is 11.8 Å². The Hall–Kier alpha value is -1.49. The molecular formula is C16H22N2O2S. The van der Waals surface area contributed by atoms with Gasteiger partial charge in [0.05, 0.1) is 5.75 Å². The molecule has 0 aromatic heterocycles. The molecule has 1 aromatic carbocycles. The van der Waals surface area contributed by atoms with Crippen LogP contribution in [0.5, 0.6) is 0 Å². The summed E-state index contributed by atoms with van der Waals surface area (Å²) >= 11 is 1.51. The smallest absolute Gasteiger partial charge is 0.321 e. The molecule has 1 fully saturated rings. The van der Waals surface area contributed by atoms with Gasteiger partial charge in [0.2, 0.25) is 5.91 Å². The van der Waals surface area contributed by atoms with Gasteiger partial charge in [0.25, 0.3) is 0 Å². The zero-order valence-corrected chi connectivity index (χ0v) is 13.0. The molecule has 0 saturated heterocycles. The van der Waals surface area contributed by atoms with Crippen LogP contribution < -0.4 is 10.6 Å². The molecule has 0 spiro atoms. The average Bonchev–Trinajstić information content (AvgIpc) is 2.49. The second kappa shape index (κ2) is 8.72. The molecule has 2 rings (SSSR count). The van der Waals surface area contributed by atoms with Crippen molar-refractivity contribution in [3.8, 4) is 0 Å². The lowest BCUT2D eigenvalue weighted by Crippen LogP contribution is -2.45. The van der Waals surface area contributed by atoms with Crippen LogP contribution in [0, 0.1) is 0 Å². The number of amides is 3. The highest BCUT2D eigenvalue weighted by atomic mass is 32.2. The van der Waals surface area contributed by atoms with E-state index in [1.807, 2.05) is 30.3 Å². The van der Waals surface area contributed by atoms with E-state index in [0.29, 0.717) is 5.75 Å². The summed E-state index contributed by atoms with van der Waals surface area (Å²) in [5.41, 5.74) is 1.18. The number of thioether (sulfide) groups is 1. The van der Waals surface area contributed by atoms with Crippen molar-refractivity contribution in [1.82, 2.24) is 10.6 Å². The summed E-state index contributed by atoms with van der Waals surface area (Å²) in [5.74, 6) is 0.843. The van der Waals surface area contributed by atoms with Crippen LogP contribution in [-0.2, 0) is 10.5 Å². The highest BCUT2D eigenvalue weighted by Crippen LogP contribution is 2.17. The highest BCUT2D eigenvalue weighted by Gasteiger charge is 2.16. The minimum Gasteiger partial charge on any atom is -0.335 e. The first kappa shape index (κ1) is 15.9. The molecule has 0 atom stereocenters. The Morgan fingerprint density at radius 2 is 1.81 bits per heavy atom. The maximum Gasteiger partial charge on any atom is 0.321 e. The Labute approximate surface area is 130 Å². The summed E-state index contributed by atoms with van der Waals surface area (Å²) in [6, 6.07) is 9.86. The lowest BCUT2D eigenvalue weighted by Gasteiger charge is -2.22. The maximum absolute atomic E-state index is 11.7. The van der Waals surface area contributed by atoms with Crippen LogP contribution in [0.1, 0.15) is 37.7 Å². The summed E-state index contributed by atoms with van der Waals surface area (Å²) in [6.45, 7) is 0. The summed E-state index contributed by atoms with van der Waals surface area (Å²) in [7, 11) is 0. The molecule has 2 N–H and O–H groups in total. The van der Waals surface area contributed by atoms with Crippen LogP contribution in [0.3, 0.4) is 0 Å². The van der Waals surface area contributed by atoms with E-state index >= 15 is 0 Å². The molecule has 0 heterocycles. The van der Waals surface area contributed by atoms with E-state index in [0.717, 1.165) is 31.4 Å². The number of benzene rings is 1. The van der Waals surface area contributed by atoms with Gasteiger partial charge in [0.15, 0.2) is 0 Å². The zero-order chi connectivity index (χ0) is 14.9. The molecule has 0 radical (unpaired) electrons. The van der Waals surface area contributed by atoms with Crippen molar-refractivity contribution in [2.24, 2.45) is 0 Å². The van der Waals surface area contributed by atoms with Crippen LogP contribution in [-0.4, -0.2) is 23.7 Å². The van der Waals surface area contributed by atoms with Crippen molar-refractivity contribution in [2.45, 2.75) is 43.9 Å². The number of nitrogens with one attached hydrogen (secondary N) is 2. The Bertz CT molecular complexity index is 459. The number of hydrogen-bond acceptors (Lipinski definition) is 3. The van der Waals surface area contributed by atoms with E-state index < -0.39 is 0 Å². The maximum atomic E-state index is 11.7. The van der Waals surface area contributed by atoms with Gasteiger partial charge in [0.1, 0.15) is 0 Å². The number of carbonyl (C=O) groups is 2. The Morgan fingerprint density at radius 3 is 2.52 bits per heavy atom. The molecule has 0 aliphatic heterocycles. The minimum atomic E-state index is -0.354. The van der Waals surface area contributed by atoms with E-state index in [4.69, 9.17) is 0 Å². The van der Waals surface area contributed by atoms with Gasteiger partial charge in [-0.3, -0.25) is 10.1 Å². The summed E-state index contributed by atoms with van der Waals surface area (Å²) in [4.78, 5) is 23.4. The molecule has 0 bridgehead atoms. The van der Waals surface area contributed by atoms with Gasteiger partial charge >= 0.3 is 6.03 Å². The Kier molecular flexibility index (Phi) is 6.60. The van der Waals surface area contributed by atoms with Crippen molar-refractivity contribution in [3.05, 3.63) is 35.9 Å². The zero-order valence-electron chi connectivity index (χ0n) is 12.1. The fourth-order valence-electron chi connectivity index (χ4n) is 2.47. The minimum absolute atomic E-state index is 0.225. The van der Waals surface area contributed by atoms with E-state index in [9.17, 15) is 9.59 Å². The van der Waals surface area contributed by atoms with Crippen molar-refractivity contribution in [2.75, 3.05) is 5.75 Å². The van der Waals surface area contributed by atoms with Crippen LogP contribution >= 0.6 is 11.8 Å². The number of hydrogen-bond donors (Lipinski definition) is 2. The normalized spacial score (nSPS) is 15.4. The Morgan fingerprint density at radius 1 is 1.10 bits per heavy atom. The molecule has 21 heavy (non-hydrogen) atoms. The van der Waals surface area contributed by atoms with Crippen LogP contribution in [0.2, 0.25) is 0 Å². The van der Waals surface area contributed by atoms with Gasteiger partial charge in [-0.05, 0) is 18.4 Å². The second-order valence-corrected chi connectivity index (χ2v) is 6.32. The van der Waals surface area contributed by atoms with Gasteiger partial charge in [-0.2, -0.15) is 0 Å². The van der Waals surface area contributed by atoms with Crippen LogP contribution in [0.25, 0.3) is 0 Å². The topological polar surface area (TPSA) is 58.2 Å². The van der Waals surface area contributed by atoms with Gasteiger partial charge in [-0.25, -0.2) is 4.79 Å². The van der Waals surface area contributed by atoms with Crippen molar-refractivity contribution >= 4 is 23.7 Å². The van der Waals surface area contributed by atoms with Gasteiger partial charge < -0.3 is 5.32 Å². The number of imide groups is 1. The SMILES string of the molecule is O=C(CSCc1ccccc1)NC(=O)NC1CCCCC1. The third-order valence-corrected chi connectivity index (χ3v) is 4.54. The third-order valence-electron chi connectivity index (χ3n) is 3.54. The Balaban J connectivity index is 1.61. The molecule has 114 valence electrons. The first-order valence-electron chi connectivity index (χ1n) is 7.46. The number of rotatable bonds is 5. The monoisotopic (exact) mass is 306 g/mol. The second-order valence-electron chi connectivity index (χ2n) is 5.33. The molecule has 4 nitrogen and oxygen atoms in total. The van der Waals surface area contributed by atoms with Crippen LogP contribution in [0.4, 0.5) is 4.79 Å². The quantitative estimate of drug-likeness (QED) is 0.879. The molecule has 1 aliphatic carbocycles. The average molecular weight is 306 g/mol. The van der Waals surface area contributed by atoms with Crippen molar-refractivity contribution in [3.63, 3.8) is 0 Å². The van der Waals surface area contributed by atoms with Gasteiger partial charge in [0, 0.05) is 11.8 Å². The lowest BCUT2D eigenvalue weighted by atomic mass is 9.96. The molecule has 1 aromatic rings. The first-order valence-corrected chi connectivity index (χ1v) is 8.61. The summed E-state index contributed by atoms with van der Waals surface area (Å²) in [5, 5.41) is 5.28. The summed E-state index contributed by atoms with van der Waals surface area (Å²) < 4.78 is 0. The third kappa shape index (κ3) is 6.21. The number of urea groups is 1. The first-order chi connectivity index (χ1) is 10.2. The van der Waals surface area contributed by atoms with Crippen molar-refractivity contribution < 1.29 is 9.59 Å².